The van der Waals surface area contributed by atoms with Crippen LogP contribution in [0.5, 0.6) is 0 Å². The molecule has 6 heteroatoms. The third kappa shape index (κ3) is 4.79. The van der Waals surface area contributed by atoms with E-state index in [1.807, 2.05) is 6.07 Å². The fourth-order valence-electron chi connectivity index (χ4n) is 4.21. The highest BCUT2D eigenvalue weighted by Crippen LogP contribution is 2.31. The minimum atomic E-state index is -0.650. The quantitative estimate of drug-likeness (QED) is 0.803. The van der Waals surface area contributed by atoms with Crippen LogP contribution in [0.25, 0.3) is 0 Å². The van der Waals surface area contributed by atoms with Crippen molar-refractivity contribution < 1.29 is 13.9 Å². The third-order valence-corrected chi connectivity index (χ3v) is 6.12. The lowest BCUT2D eigenvalue weighted by Gasteiger charge is -2.43. The van der Waals surface area contributed by atoms with Crippen molar-refractivity contribution in [1.29, 1.82) is 0 Å². The molecule has 2 N–H and O–H groups in total. The summed E-state index contributed by atoms with van der Waals surface area (Å²) in [4.78, 5) is 15.5. The molecule has 2 aliphatic heterocycles. The molecule has 27 heavy (non-hydrogen) atoms. The maximum absolute atomic E-state index is 13.6. The molecular formula is C21H30FN3O2. The Balaban J connectivity index is 1.42. The topological polar surface area (TPSA) is 53.6 Å². The Labute approximate surface area is 160 Å². The second kappa shape index (κ2) is 8.15. The van der Waals surface area contributed by atoms with Crippen LogP contribution in [0.1, 0.15) is 38.5 Å². The predicted octanol–water partition coefficient (Wildman–Crippen LogP) is 2.78. The molecule has 0 unspecified atom stereocenters. The van der Waals surface area contributed by atoms with Crippen molar-refractivity contribution >= 4 is 11.6 Å². The van der Waals surface area contributed by atoms with E-state index in [1.54, 1.807) is 6.07 Å². The van der Waals surface area contributed by atoms with Crippen LogP contribution in [0.3, 0.4) is 0 Å². The van der Waals surface area contributed by atoms with Gasteiger partial charge in [-0.15, -0.1) is 0 Å². The smallest absolute Gasteiger partial charge is 0.245 e. The average Bonchev–Trinajstić information content (AvgIpc) is 3.48. The normalized spacial score (nSPS) is 23.7. The second-order valence-electron chi connectivity index (χ2n) is 8.32. The molecule has 0 spiro atoms. The lowest BCUT2D eigenvalue weighted by molar-refractivity contribution is -0.127. The van der Waals surface area contributed by atoms with Gasteiger partial charge in [0.15, 0.2) is 0 Å². The molecule has 2 saturated heterocycles. The molecule has 0 atom stereocenters. The van der Waals surface area contributed by atoms with Gasteiger partial charge in [0.2, 0.25) is 5.91 Å². The zero-order valence-corrected chi connectivity index (χ0v) is 15.9. The van der Waals surface area contributed by atoms with Crippen molar-refractivity contribution in [3.8, 4) is 0 Å². The lowest BCUT2D eigenvalue weighted by Crippen LogP contribution is -2.59. The number of nitrogens with zero attached hydrogens (tertiary/aromatic N) is 1. The van der Waals surface area contributed by atoms with Crippen LogP contribution in [0, 0.1) is 11.7 Å². The predicted molar refractivity (Wildman–Crippen MR) is 103 cm³/mol. The molecule has 148 valence electrons. The van der Waals surface area contributed by atoms with Crippen molar-refractivity contribution in [2.24, 2.45) is 5.92 Å². The van der Waals surface area contributed by atoms with Gasteiger partial charge >= 0.3 is 0 Å². The fourth-order valence-corrected chi connectivity index (χ4v) is 4.21. The number of likely N-dealkylation sites (tertiary alicyclic amines) is 1. The summed E-state index contributed by atoms with van der Waals surface area (Å²) in [6.45, 7) is 4.60. The van der Waals surface area contributed by atoms with Crippen LogP contribution < -0.4 is 10.6 Å². The Bertz CT molecular complexity index is 651. The Morgan fingerprint density at radius 3 is 2.59 bits per heavy atom. The van der Waals surface area contributed by atoms with Gasteiger partial charge in [-0.3, -0.25) is 4.79 Å². The van der Waals surface area contributed by atoms with Crippen molar-refractivity contribution in [3.05, 3.63) is 30.1 Å². The number of rotatable bonds is 6. The second-order valence-corrected chi connectivity index (χ2v) is 8.32. The summed E-state index contributed by atoms with van der Waals surface area (Å²) in [5, 5.41) is 6.56. The molecule has 0 radical (unpaired) electrons. The van der Waals surface area contributed by atoms with E-state index in [0.29, 0.717) is 17.6 Å². The van der Waals surface area contributed by atoms with E-state index in [-0.39, 0.29) is 11.7 Å². The monoisotopic (exact) mass is 375 g/mol. The van der Waals surface area contributed by atoms with E-state index in [2.05, 4.69) is 15.5 Å². The summed E-state index contributed by atoms with van der Waals surface area (Å²) in [6.07, 6.45) is 5.88. The van der Waals surface area contributed by atoms with E-state index in [4.69, 9.17) is 4.74 Å². The number of amides is 1. The lowest BCUT2D eigenvalue weighted by atomic mass is 9.85. The number of carbonyl (C=O) groups excluding carboxylic acids is 1. The first-order valence-electron chi connectivity index (χ1n) is 10.3. The van der Waals surface area contributed by atoms with Crippen LogP contribution in [-0.4, -0.2) is 55.2 Å². The van der Waals surface area contributed by atoms with Crippen molar-refractivity contribution in [2.45, 2.75) is 50.1 Å². The number of ether oxygens (including phenoxy) is 1. The van der Waals surface area contributed by atoms with Gasteiger partial charge in [-0.1, -0.05) is 6.07 Å². The molecule has 1 amide bonds. The Hall–Kier alpha value is -1.66. The molecule has 3 fully saturated rings. The zero-order chi connectivity index (χ0) is 18.7. The van der Waals surface area contributed by atoms with Gasteiger partial charge in [-0.25, -0.2) is 4.39 Å². The standard InChI is InChI=1S/C21H30FN3O2/c22-17-2-1-3-19(14-17)24-21(20(26)23-18-4-5-18)8-10-25(11-9-21)15-16-6-12-27-13-7-16/h1-3,14,16,18,24H,4-13,15H2,(H,23,26). The minimum absolute atomic E-state index is 0.0694. The molecule has 3 aliphatic rings. The molecular weight excluding hydrogens is 345 g/mol. The number of benzene rings is 1. The van der Waals surface area contributed by atoms with E-state index < -0.39 is 5.54 Å². The molecule has 0 bridgehead atoms. The summed E-state index contributed by atoms with van der Waals surface area (Å²) >= 11 is 0. The van der Waals surface area contributed by atoms with Gasteiger partial charge in [0.25, 0.3) is 0 Å². The number of hydrogen-bond donors (Lipinski definition) is 2. The Morgan fingerprint density at radius 2 is 1.93 bits per heavy atom. The molecule has 4 rings (SSSR count). The molecule has 2 heterocycles. The minimum Gasteiger partial charge on any atom is -0.381 e. The summed E-state index contributed by atoms with van der Waals surface area (Å²) < 4.78 is 19.1. The van der Waals surface area contributed by atoms with Crippen LogP contribution in [-0.2, 0) is 9.53 Å². The summed E-state index contributed by atoms with van der Waals surface area (Å²) in [5.41, 5.74) is 0.0292. The molecule has 1 saturated carbocycles. The maximum atomic E-state index is 13.6. The van der Waals surface area contributed by atoms with E-state index in [1.165, 1.54) is 12.1 Å². The van der Waals surface area contributed by atoms with Crippen LogP contribution in [0.15, 0.2) is 24.3 Å². The molecule has 5 nitrogen and oxygen atoms in total. The first-order valence-corrected chi connectivity index (χ1v) is 10.3. The number of hydrogen-bond acceptors (Lipinski definition) is 4. The first kappa shape index (κ1) is 18.7. The Morgan fingerprint density at radius 1 is 1.19 bits per heavy atom. The SMILES string of the molecule is O=C(NC1CC1)C1(Nc2cccc(F)c2)CCN(CC2CCOCC2)CC1. The maximum Gasteiger partial charge on any atom is 0.245 e. The van der Waals surface area contributed by atoms with Crippen molar-refractivity contribution in [2.75, 3.05) is 38.2 Å². The van der Waals surface area contributed by atoms with Crippen LogP contribution >= 0.6 is 0 Å². The summed E-state index contributed by atoms with van der Waals surface area (Å²) in [6, 6.07) is 6.75. The van der Waals surface area contributed by atoms with Gasteiger partial charge in [0.05, 0.1) is 0 Å². The molecule has 1 aliphatic carbocycles. The highest BCUT2D eigenvalue weighted by Gasteiger charge is 2.43. The van der Waals surface area contributed by atoms with Crippen LogP contribution in [0.2, 0.25) is 0 Å². The van der Waals surface area contributed by atoms with Crippen molar-refractivity contribution in [3.63, 3.8) is 0 Å². The fraction of sp³-hybridized carbons (Fsp3) is 0.667. The van der Waals surface area contributed by atoms with Gasteiger partial charge in [0, 0.05) is 44.6 Å². The van der Waals surface area contributed by atoms with Crippen LogP contribution in [0.4, 0.5) is 10.1 Å². The largest absolute Gasteiger partial charge is 0.381 e. The van der Waals surface area contributed by atoms with Gasteiger partial charge < -0.3 is 20.3 Å². The number of nitrogens with one attached hydrogen (secondary N) is 2. The van der Waals surface area contributed by atoms with E-state index >= 15 is 0 Å². The molecule has 0 aromatic heterocycles. The Kier molecular flexibility index (Phi) is 5.64. The third-order valence-electron chi connectivity index (χ3n) is 6.12. The van der Waals surface area contributed by atoms with E-state index in [0.717, 1.165) is 71.4 Å². The summed E-state index contributed by atoms with van der Waals surface area (Å²) in [7, 11) is 0. The van der Waals surface area contributed by atoms with Gasteiger partial charge in [-0.2, -0.15) is 0 Å². The zero-order valence-electron chi connectivity index (χ0n) is 15.9. The number of halogens is 1. The highest BCUT2D eigenvalue weighted by atomic mass is 19.1. The highest BCUT2D eigenvalue weighted by molar-refractivity contribution is 5.90. The molecule has 1 aromatic carbocycles. The number of carbonyl (C=O) groups is 1. The van der Waals surface area contributed by atoms with Crippen molar-refractivity contribution in [1.82, 2.24) is 10.2 Å². The molecule has 1 aromatic rings. The first-order chi connectivity index (χ1) is 13.1. The number of anilines is 1. The average molecular weight is 375 g/mol. The van der Waals surface area contributed by atoms with E-state index in [9.17, 15) is 9.18 Å². The van der Waals surface area contributed by atoms with Gasteiger partial charge in [0.1, 0.15) is 11.4 Å². The van der Waals surface area contributed by atoms with Gasteiger partial charge in [-0.05, 0) is 62.6 Å². The number of piperidine rings is 1. The summed E-state index contributed by atoms with van der Waals surface area (Å²) in [5.74, 6) is 0.484.